The summed E-state index contributed by atoms with van der Waals surface area (Å²) in [4.78, 5) is 0. The maximum Gasteiger partial charge on any atom is 0.239 e. The van der Waals surface area contributed by atoms with Crippen LogP contribution in [0.15, 0.2) is 34.9 Å². The van der Waals surface area contributed by atoms with Crippen molar-refractivity contribution in [3.05, 3.63) is 41.7 Å². The van der Waals surface area contributed by atoms with Gasteiger partial charge < -0.3 is 4.52 Å². The minimum atomic E-state index is -3.61. The van der Waals surface area contributed by atoms with Gasteiger partial charge in [-0.15, -0.1) is 0 Å². The highest BCUT2D eigenvalue weighted by molar-refractivity contribution is 8.13. The van der Waals surface area contributed by atoms with Gasteiger partial charge in [-0.05, 0) is 6.92 Å². The molecule has 0 N–H and O–H groups in total. The molecule has 2 rings (SSSR count). The van der Waals surface area contributed by atoms with Crippen molar-refractivity contribution in [3.63, 3.8) is 0 Å². The van der Waals surface area contributed by atoms with Crippen molar-refractivity contribution in [2.45, 2.75) is 12.7 Å². The fraction of sp³-hybridized carbons (Fsp3) is 0.182. The van der Waals surface area contributed by atoms with Crippen LogP contribution in [0.1, 0.15) is 11.3 Å². The first-order chi connectivity index (χ1) is 7.94. The Labute approximate surface area is 104 Å². The lowest BCUT2D eigenvalue weighted by atomic mass is 10.1. The van der Waals surface area contributed by atoms with Gasteiger partial charge in [-0.2, -0.15) is 0 Å². The van der Waals surface area contributed by atoms with E-state index in [1.54, 1.807) is 6.07 Å². The molecule has 0 aliphatic carbocycles. The Morgan fingerprint density at radius 3 is 2.53 bits per heavy atom. The highest BCUT2D eigenvalue weighted by Crippen LogP contribution is 2.21. The third-order valence-electron chi connectivity index (χ3n) is 2.22. The maximum atomic E-state index is 10.9. The average molecular weight is 272 g/mol. The number of aryl methyl sites for hydroxylation is 1. The molecular weight excluding hydrogens is 262 g/mol. The zero-order chi connectivity index (χ0) is 12.5. The molecule has 0 amide bonds. The van der Waals surface area contributed by atoms with Gasteiger partial charge in [0, 0.05) is 22.3 Å². The Balaban J connectivity index is 2.27. The molecule has 1 aromatic carbocycles. The van der Waals surface area contributed by atoms with Gasteiger partial charge in [0.2, 0.25) is 9.05 Å². The van der Waals surface area contributed by atoms with E-state index in [0.29, 0.717) is 5.69 Å². The Morgan fingerprint density at radius 1 is 1.29 bits per heavy atom. The lowest BCUT2D eigenvalue weighted by Gasteiger charge is -1.95. The standard InChI is InChI=1S/C11H10ClNO3S/c1-8-2-4-9(5-3-8)11-6-10(16-13-11)7-17(12,14)15/h2-6H,7H2,1H3. The van der Waals surface area contributed by atoms with E-state index in [1.807, 2.05) is 31.2 Å². The molecule has 0 bridgehead atoms. The van der Waals surface area contributed by atoms with Crippen LogP contribution in [-0.4, -0.2) is 13.6 Å². The highest BCUT2D eigenvalue weighted by Gasteiger charge is 2.13. The van der Waals surface area contributed by atoms with E-state index >= 15 is 0 Å². The summed E-state index contributed by atoms with van der Waals surface area (Å²) < 4.78 is 26.6. The molecule has 0 unspecified atom stereocenters. The molecule has 0 fully saturated rings. The molecule has 1 aromatic heterocycles. The summed E-state index contributed by atoms with van der Waals surface area (Å²) in [6, 6.07) is 9.26. The van der Waals surface area contributed by atoms with Crippen molar-refractivity contribution < 1.29 is 12.9 Å². The average Bonchev–Trinajstić information content (AvgIpc) is 2.64. The third-order valence-corrected chi connectivity index (χ3v) is 3.18. The summed E-state index contributed by atoms with van der Waals surface area (Å²) in [6.07, 6.45) is 0. The number of hydrogen-bond donors (Lipinski definition) is 0. The molecule has 6 heteroatoms. The van der Waals surface area contributed by atoms with Crippen LogP contribution < -0.4 is 0 Å². The van der Waals surface area contributed by atoms with Gasteiger partial charge in [0.15, 0.2) is 5.76 Å². The van der Waals surface area contributed by atoms with Crippen LogP contribution in [0.2, 0.25) is 0 Å². The molecule has 0 aliphatic rings. The van der Waals surface area contributed by atoms with Crippen LogP contribution in [0.3, 0.4) is 0 Å². The normalized spacial score (nSPS) is 11.6. The van der Waals surface area contributed by atoms with Crippen LogP contribution >= 0.6 is 10.7 Å². The van der Waals surface area contributed by atoms with Crippen LogP contribution in [0.5, 0.6) is 0 Å². The fourth-order valence-electron chi connectivity index (χ4n) is 1.41. The lowest BCUT2D eigenvalue weighted by Crippen LogP contribution is -1.92. The zero-order valence-corrected chi connectivity index (χ0v) is 10.6. The Hall–Kier alpha value is -1.33. The van der Waals surface area contributed by atoms with E-state index in [9.17, 15) is 8.42 Å². The topological polar surface area (TPSA) is 60.2 Å². The summed E-state index contributed by atoms with van der Waals surface area (Å²) >= 11 is 0. The third kappa shape index (κ3) is 3.31. The Kier molecular flexibility index (Phi) is 3.22. The largest absolute Gasteiger partial charge is 0.360 e. The monoisotopic (exact) mass is 271 g/mol. The van der Waals surface area contributed by atoms with Crippen molar-refractivity contribution in [2.24, 2.45) is 0 Å². The SMILES string of the molecule is Cc1ccc(-c2cc(CS(=O)(=O)Cl)on2)cc1. The Bertz CT molecular complexity index is 616. The van der Waals surface area contributed by atoms with Crippen LogP contribution in [0, 0.1) is 6.92 Å². The number of rotatable bonds is 3. The van der Waals surface area contributed by atoms with Gasteiger partial charge in [0.05, 0.1) is 0 Å². The van der Waals surface area contributed by atoms with Gasteiger partial charge in [-0.25, -0.2) is 8.42 Å². The van der Waals surface area contributed by atoms with Gasteiger partial charge >= 0.3 is 0 Å². The summed E-state index contributed by atoms with van der Waals surface area (Å²) in [5, 5.41) is 3.80. The summed E-state index contributed by atoms with van der Waals surface area (Å²) in [5.41, 5.74) is 2.61. The molecule has 4 nitrogen and oxygen atoms in total. The molecule has 1 heterocycles. The second-order valence-corrected chi connectivity index (χ2v) is 6.50. The fourth-order valence-corrected chi connectivity index (χ4v) is 2.21. The van der Waals surface area contributed by atoms with Crippen molar-refractivity contribution >= 4 is 19.7 Å². The second kappa shape index (κ2) is 4.50. The van der Waals surface area contributed by atoms with E-state index in [2.05, 4.69) is 5.16 Å². The molecule has 2 aromatic rings. The van der Waals surface area contributed by atoms with Crippen LogP contribution in [0.25, 0.3) is 11.3 Å². The summed E-state index contributed by atoms with van der Waals surface area (Å²) in [6.45, 7) is 1.98. The number of nitrogens with zero attached hydrogens (tertiary/aromatic N) is 1. The molecule has 90 valence electrons. The Morgan fingerprint density at radius 2 is 1.94 bits per heavy atom. The predicted octanol–water partition coefficient (Wildman–Crippen LogP) is 2.72. The maximum absolute atomic E-state index is 10.9. The molecule has 0 atom stereocenters. The van der Waals surface area contributed by atoms with Crippen molar-refractivity contribution in [3.8, 4) is 11.3 Å². The first-order valence-corrected chi connectivity index (χ1v) is 7.37. The van der Waals surface area contributed by atoms with Crippen molar-refractivity contribution in [1.82, 2.24) is 5.16 Å². The van der Waals surface area contributed by atoms with Crippen molar-refractivity contribution in [2.75, 3.05) is 0 Å². The number of hydrogen-bond acceptors (Lipinski definition) is 4. The molecule has 17 heavy (non-hydrogen) atoms. The predicted molar refractivity (Wildman–Crippen MR) is 65.2 cm³/mol. The molecule has 0 radical (unpaired) electrons. The summed E-state index contributed by atoms with van der Waals surface area (Å²) in [5.74, 6) is -0.122. The molecule has 0 spiro atoms. The van der Waals surface area contributed by atoms with E-state index in [1.165, 1.54) is 0 Å². The van der Waals surface area contributed by atoms with E-state index < -0.39 is 9.05 Å². The van der Waals surface area contributed by atoms with E-state index in [-0.39, 0.29) is 11.5 Å². The zero-order valence-electron chi connectivity index (χ0n) is 9.05. The highest BCUT2D eigenvalue weighted by atomic mass is 35.7. The van der Waals surface area contributed by atoms with E-state index in [4.69, 9.17) is 15.2 Å². The number of benzene rings is 1. The molecule has 0 aliphatic heterocycles. The molecule has 0 saturated heterocycles. The van der Waals surface area contributed by atoms with Crippen LogP contribution in [0.4, 0.5) is 0 Å². The van der Waals surface area contributed by atoms with Gasteiger partial charge in [0.25, 0.3) is 0 Å². The molecular formula is C11H10ClNO3S. The molecule has 0 saturated carbocycles. The van der Waals surface area contributed by atoms with Gasteiger partial charge in [-0.1, -0.05) is 35.0 Å². The lowest BCUT2D eigenvalue weighted by molar-refractivity contribution is 0.395. The quantitative estimate of drug-likeness (QED) is 0.806. The number of halogens is 1. The second-order valence-electron chi connectivity index (χ2n) is 3.73. The first kappa shape index (κ1) is 12.1. The minimum Gasteiger partial charge on any atom is -0.360 e. The smallest absolute Gasteiger partial charge is 0.239 e. The van der Waals surface area contributed by atoms with Crippen LogP contribution in [-0.2, 0) is 14.8 Å². The number of aromatic nitrogens is 1. The van der Waals surface area contributed by atoms with Gasteiger partial charge in [-0.3, -0.25) is 0 Å². The van der Waals surface area contributed by atoms with Crippen molar-refractivity contribution in [1.29, 1.82) is 0 Å². The first-order valence-electron chi connectivity index (χ1n) is 4.89. The van der Waals surface area contributed by atoms with E-state index in [0.717, 1.165) is 11.1 Å². The van der Waals surface area contributed by atoms with Gasteiger partial charge in [0.1, 0.15) is 11.4 Å². The summed E-state index contributed by atoms with van der Waals surface area (Å²) in [7, 11) is 1.51. The minimum absolute atomic E-state index is 0.232.